The van der Waals surface area contributed by atoms with Crippen LogP contribution in [-0.4, -0.2) is 51.0 Å². The molecule has 0 amide bonds. The molecule has 0 bridgehead atoms. The Morgan fingerprint density at radius 3 is 2.74 bits per heavy atom. The zero-order chi connectivity index (χ0) is 24.8. The Morgan fingerprint density at radius 1 is 1.17 bits per heavy atom. The lowest BCUT2D eigenvalue weighted by atomic mass is 9.84. The average Bonchev–Trinajstić information content (AvgIpc) is 3.33. The quantitative estimate of drug-likeness (QED) is 0.338. The van der Waals surface area contributed by atoms with E-state index >= 15 is 0 Å². The van der Waals surface area contributed by atoms with E-state index in [1.54, 1.807) is 25.1 Å². The number of H-pyrrole nitrogens is 1. The van der Waals surface area contributed by atoms with Gasteiger partial charge in [-0.15, -0.1) is 5.10 Å². The number of ether oxygens (including phenoxy) is 2. The van der Waals surface area contributed by atoms with Gasteiger partial charge in [0, 0.05) is 54.5 Å². The summed E-state index contributed by atoms with van der Waals surface area (Å²) < 4.78 is 12.4. The van der Waals surface area contributed by atoms with Gasteiger partial charge in [0.25, 0.3) is 5.56 Å². The van der Waals surface area contributed by atoms with Crippen LogP contribution in [0, 0.1) is 5.92 Å². The minimum Gasteiger partial charge on any atom is -0.497 e. The number of nitrogens with one attached hydrogen (secondary N) is 2. The zero-order valence-corrected chi connectivity index (χ0v) is 20.4. The largest absolute Gasteiger partial charge is 0.497 e. The number of tetrazole rings is 1. The summed E-state index contributed by atoms with van der Waals surface area (Å²) in [6.07, 6.45) is 3.58. The van der Waals surface area contributed by atoms with Gasteiger partial charge < -0.3 is 19.8 Å². The van der Waals surface area contributed by atoms with Gasteiger partial charge in [0.15, 0.2) is 5.82 Å². The van der Waals surface area contributed by atoms with Crippen molar-refractivity contribution >= 4 is 10.9 Å². The van der Waals surface area contributed by atoms with Gasteiger partial charge in [0.2, 0.25) is 0 Å². The van der Waals surface area contributed by atoms with Gasteiger partial charge in [-0.25, -0.2) is 4.68 Å². The molecule has 0 spiro atoms. The molecule has 0 fully saturated rings. The molecule has 3 aromatic heterocycles. The van der Waals surface area contributed by atoms with E-state index in [-0.39, 0.29) is 23.4 Å². The standard InChI is InChI=1S/C25H31N7O3/c1-16(2)22(24-29-30-31-32(24)10-11-34-3)23(17-6-5-9-26-14-17)27-15-19-12-18-13-20(35-4)7-8-21(18)28-25(19)33/h5-9,12-14,16,22-23,27H,10-11,15H2,1-4H3,(H,28,33). The SMILES string of the molecule is COCCn1nnnc1C(C(C)C)C(NCc1cc2cc(OC)ccc2[nH]c1=O)c1cccnc1. The number of rotatable bonds is 11. The molecule has 10 heteroatoms. The predicted molar refractivity (Wildman–Crippen MR) is 132 cm³/mol. The van der Waals surface area contributed by atoms with Gasteiger partial charge >= 0.3 is 0 Å². The lowest BCUT2D eigenvalue weighted by Gasteiger charge is -2.30. The van der Waals surface area contributed by atoms with Gasteiger partial charge in [-0.05, 0) is 52.2 Å². The first kappa shape index (κ1) is 24.5. The Bertz CT molecular complexity index is 1300. The summed E-state index contributed by atoms with van der Waals surface area (Å²) >= 11 is 0. The minimum absolute atomic E-state index is 0.0781. The lowest BCUT2D eigenvalue weighted by Crippen LogP contribution is -2.33. The third kappa shape index (κ3) is 5.55. The number of nitrogens with zero attached hydrogens (tertiary/aromatic N) is 5. The molecule has 10 nitrogen and oxygen atoms in total. The number of hydrogen-bond acceptors (Lipinski definition) is 8. The highest BCUT2D eigenvalue weighted by molar-refractivity contribution is 5.80. The fraction of sp³-hybridized carbons (Fsp3) is 0.400. The highest BCUT2D eigenvalue weighted by Crippen LogP contribution is 2.35. The summed E-state index contributed by atoms with van der Waals surface area (Å²) in [4.78, 5) is 20.2. The van der Waals surface area contributed by atoms with Gasteiger partial charge in [0.05, 0.1) is 20.3 Å². The molecule has 2 atom stereocenters. The van der Waals surface area contributed by atoms with Crippen LogP contribution < -0.4 is 15.6 Å². The number of aromatic amines is 1. The number of hydrogen-bond donors (Lipinski definition) is 2. The third-order valence-electron chi connectivity index (χ3n) is 6.13. The molecule has 0 aliphatic heterocycles. The number of benzene rings is 1. The van der Waals surface area contributed by atoms with Crippen molar-refractivity contribution in [2.24, 2.45) is 5.92 Å². The average molecular weight is 478 g/mol. The molecule has 3 heterocycles. The summed E-state index contributed by atoms with van der Waals surface area (Å²) in [5, 5.41) is 17.0. The van der Waals surface area contributed by atoms with Crippen LogP contribution in [0.1, 0.15) is 42.8 Å². The first-order valence-corrected chi connectivity index (χ1v) is 11.6. The van der Waals surface area contributed by atoms with Gasteiger partial charge in [-0.1, -0.05) is 19.9 Å². The second kappa shape index (κ2) is 11.2. The molecule has 2 N–H and O–H groups in total. The maximum absolute atomic E-state index is 12.9. The van der Waals surface area contributed by atoms with E-state index < -0.39 is 0 Å². The number of methoxy groups -OCH3 is 2. The van der Waals surface area contributed by atoms with Crippen molar-refractivity contribution in [1.29, 1.82) is 0 Å². The van der Waals surface area contributed by atoms with Crippen molar-refractivity contribution in [3.05, 3.63) is 76.1 Å². The number of fused-ring (bicyclic) bond motifs is 1. The van der Waals surface area contributed by atoms with Crippen LogP contribution in [-0.2, 0) is 17.8 Å². The molecule has 4 aromatic rings. The smallest absolute Gasteiger partial charge is 0.252 e. The van der Waals surface area contributed by atoms with Crippen LogP contribution in [0.15, 0.2) is 53.6 Å². The van der Waals surface area contributed by atoms with E-state index in [1.165, 1.54) is 0 Å². The predicted octanol–water partition coefficient (Wildman–Crippen LogP) is 2.84. The van der Waals surface area contributed by atoms with Crippen molar-refractivity contribution < 1.29 is 9.47 Å². The Balaban J connectivity index is 1.69. The Hall–Kier alpha value is -3.63. The molecule has 0 aliphatic rings. The maximum atomic E-state index is 12.9. The second-order valence-electron chi connectivity index (χ2n) is 8.74. The third-order valence-corrected chi connectivity index (χ3v) is 6.13. The molecule has 0 radical (unpaired) electrons. The molecule has 35 heavy (non-hydrogen) atoms. The van der Waals surface area contributed by atoms with E-state index in [2.05, 4.69) is 44.7 Å². The zero-order valence-electron chi connectivity index (χ0n) is 20.4. The molecular weight excluding hydrogens is 446 g/mol. The van der Waals surface area contributed by atoms with Gasteiger partial charge in [0.1, 0.15) is 5.75 Å². The van der Waals surface area contributed by atoms with Crippen molar-refractivity contribution in [2.75, 3.05) is 20.8 Å². The van der Waals surface area contributed by atoms with Gasteiger partial charge in [-0.3, -0.25) is 9.78 Å². The van der Waals surface area contributed by atoms with E-state index in [1.807, 2.05) is 42.6 Å². The van der Waals surface area contributed by atoms with Crippen molar-refractivity contribution in [3.63, 3.8) is 0 Å². The van der Waals surface area contributed by atoms with E-state index in [0.29, 0.717) is 25.3 Å². The van der Waals surface area contributed by atoms with Crippen LogP contribution in [0.5, 0.6) is 5.75 Å². The van der Waals surface area contributed by atoms with Crippen LogP contribution in [0.4, 0.5) is 0 Å². The summed E-state index contributed by atoms with van der Waals surface area (Å²) in [6, 6.07) is 11.2. The normalized spacial score (nSPS) is 13.3. The fourth-order valence-electron chi connectivity index (χ4n) is 4.34. The van der Waals surface area contributed by atoms with Crippen LogP contribution in [0.25, 0.3) is 10.9 Å². The van der Waals surface area contributed by atoms with Gasteiger partial charge in [-0.2, -0.15) is 0 Å². The van der Waals surface area contributed by atoms with Crippen molar-refractivity contribution in [2.45, 2.75) is 38.9 Å². The summed E-state index contributed by atoms with van der Waals surface area (Å²) in [7, 11) is 3.28. The minimum atomic E-state index is -0.184. The van der Waals surface area contributed by atoms with E-state index in [4.69, 9.17) is 9.47 Å². The molecular formula is C25H31N7O3. The Labute approximate surface area is 203 Å². The molecule has 0 saturated heterocycles. The highest BCUT2D eigenvalue weighted by Gasteiger charge is 2.32. The maximum Gasteiger partial charge on any atom is 0.252 e. The van der Waals surface area contributed by atoms with Crippen LogP contribution >= 0.6 is 0 Å². The summed E-state index contributed by atoms with van der Waals surface area (Å²) in [5.74, 6) is 1.61. The molecule has 184 valence electrons. The molecule has 4 rings (SSSR count). The van der Waals surface area contributed by atoms with E-state index in [9.17, 15) is 4.79 Å². The lowest BCUT2D eigenvalue weighted by molar-refractivity contribution is 0.179. The van der Waals surface area contributed by atoms with Crippen molar-refractivity contribution in [3.8, 4) is 5.75 Å². The summed E-state index contributed by atoms with van der Waals surface area (Å²) in [5.41, 5.74) is 2.25. The van der Waals surface area contributed by atoms with Crippen LogP contribution in [0.2, 0.25) is 0 Å². The molecule has 0 aliphatic carbocycles. The van der Waals surface area contributed by atoms with E-state index in [0.717, 1.165) is 28.0 Å². The molecule has 0 saturated carbocycles. The topological polar surface area (TPSA) is 120 Å². The summed E-state index contributed by atoms with van der Waals surface area (Å²) in [6.45, 7) is 5.68. The first-order chi connectivity index (χ1) is 17.0. The van der Waals surface area contributed by atoms with Crippen molar-refractivity contribution in [1.82, 2.24) is 35.5 Å². The Morgan fingerprint density at radius 2 is 2.03 bits per heavy atom. The monoisotopic (exact) mass is 477 g/mol. The van der Waals surface area contributed by atoms with Crippen LogP contribution in [0.3, 0.4) is 0 Å². The number of pyridine rings is 2. The second-order valence-corrected chi connectivity index (χ2v) is 8.74. The highest BCUT2D eigenvalue weighted by atomic mass is 16.5. The first-order valence-electron chi connectivity index (χ1n) is 11.6. The number of aromatic nitrogens is 6. The Kier molecular flexibility index (Phi) is 7.84. The molecule has 1 aromatic carbocycles. The fourth-order valence-corrected chi connectivity index (χ4v) is 4.34. The molecule has 2 unspecified atom stereocenters.